The smallest absolute Gasteiger partial charge is 0.410 e. The second-order valence-corrected chi connectivity index (χ2v) is 8.17. The average molecular weight is 398 g/mol. The summed E-state index contributed by atoms with van der Waals surface area (Å²) in [4.78, 5) is 25.5. The number of nitrogens with zero attached hydrogens (tertiary/aromatic N) is 1. The summed E-state index contributed by atoms with van der Waals surface area (Å²) in [5, 5.41) is 9.62. The highest BCUT2D eigenvalue weighted by atomic mass is 79.9. The molecule has 2 atom stereocenters. The number of ether oxygens (including phenoxy) is 1. The molecule has 0 aromatic heterocycles. The van der Waals surface area contributed by atoms with Crippen molar-refractivity contribution in [2.45, 2.75) is 39.2 Å². The maximum Gasteiger partial charge on any atom is 0.410 e. The van der Waals surface area contributed by atoms with Gasteiger partial charge in [-0.2, -0.15) is 0 Å². The minimum absolute atomic E-state index is 0.0568. The van der Waals surface area contributed by atoms with Gasteiger partial charge in [-0.05, 0) is 57.2 Å². The van der Waals surface area contributed by atoms with E-state index in [0.29, 0.717) is 25.9 Å². The number of hydrogen-bond donors (Lipinski definition) is 1. The highest BCUT2D eigenvalue weighted by Gasteiger charge is 2.37. The fraction of sp³-hybridized carbons (Fsp3) is 0.556. The minimum atomic E-state index is -0.811. The van der Waals surface area contributed by atoms with E-state index < -0.39 is 17.5 Å². The molecule has 1 aliphatic heterocycles. The van der Waals surface area contributed by atoms with Crippen LogP contribution in [0.4, 0.5) is 4.79 Å². The number of amides is 1. The number of hydrogen-bond acceptors (Lipinski definition) is 3. The minimum Gasteiger partial charge on any atom is -0.481 e. The summed E-state index contributed by atoms with van der Waals surface area (Å²) in [5.74, 6) is -1.37. The van der Waals surface area contributed by atoms with Crippen molar-refractivity contribution in [1.29, 1.82) is 0 Å². The van der Waals surface area contributed by atoms with Gasteiger partial charge in [0.2, 0.25) is 0 Å². The lowest BCUT2D eigenvalue weighted by molar-refractivity contribution is -0.143. The molecule has 132 valence electrons. The number of carbonyl (C=O) groups is 2. The van der Waals surface area contributed by atoms with Crippen LogP contribution in [0.3, 0.4) is 0 Å². The summed E-state index contributed by atoms with van der Waals surface area (Å²) in [5.41, 5.74) is 0.444. The zero-order valence-corrected chi connectivity index (χ0v) is 15.9. The number of likely N-dealkylation sites (tertiary alicyclic amines) is 1. The molecule has 0 radical (unpaired) electrons. The SMILES string of the molecule is CC(C)(C)OC(=O)N1CC[C@H]([C@H](Cc2ccc(Br)cc2)C(=O)O)C1. The van der Waals surface area contributed by atoms with Gasteiger partial charge in [-0.15, -0.1) is 0 Å². The Morgan fingerprint density at radius 1 is 1.33 bits per heavy atom. The van der Waals surface area contributed by atoms with Crippen LogP contribution in [-0.2, 0) is 16.0 Å². The second-order valence-electron chi connectivity index (χ2n) is 7.25. The largest absolute Gasteiger partial charge is 0.481 e. The van der Waals surface area contributed by atoms with Crippen molar-refractivity contribution >= 4 is 28.0 Å². The molecule has 5 nitrogen and oxygen atoms in total. The molecule has 24 heavy (non-hydrogen) atoms. The van der Waals surface area contributed by atoms with Gasteiger partial charge in [0.05, 0.1) is 5.92 Å². The zero-order chi connectivity index (χ0) is 17.9. The molecule has 0 saturated carbocycles. The van der Waals surface area contributed by atoms with E-state index in [9.17, 15) is 14.7 Å². The summed E-state index contributed by atoms with van der Waals surface area (Å²) >= 11 is 3.38. The van der Waals surface area contributed by atoms with Gasteiger partial charge in [0.15, 0.2) is 0 Å². The van der Waals surface area contributed by atoms with Crippen LogP contribution in [0.15, 0.2) is 28.7 Å². The van der Waals surface area contributed by atoms with Crippen LogP contribution < -0.4 is 0 Å². The van der Waals surface area contributed by atoms with Crippen LogP contribution in [0.1, 0.15) is 32.8 Å². The molecule has 0 aliphatic carbocycles. The van der Waals surface area contributed by atoms with E-state index in [2.05, 4.69) is 15.9 Å². The number of carboxylic acids is 1. The van der Waals surface area contributed by atoms with Gasteiger partial charge in [-0.25, -0.2) is 4.79 Å². The summed E-state index contributed by atoms with van der Waals surface area (Å²) in [6.07, 6.45) is 0.792. The fourth-order valence-corrected chi connectivity index (χ4v) is 3.20. The van der Waals surface area contributed by atoms with E-state index in [1.165, 1.54) is 0 Å². The van der Waals surface area contributed by atoms with Crippen LogP contribution in [0.2, 0.25) is 0 Å². The molecule has 1 amide bonds. The van der Waals surface area contributed by atoms with Crippen LogP contribution in [0.25, 0.3) is 0 Å². The highest BCUT2D eigenvalue weighted by molar-refractivity contribution is 9.10. The number of aliphatic carboxylic acids is 1. The van der Waals surface area contributed by atoms with Gasteiger partial charge >= 0.3 is 12.1 Å². The fourth-order valence-electron chi connectivity index (χ4n) is 2.94. The summed E-state index contributed by atoms with van der Waals surface area (Å²) < 4.78 is 6.34. The van der Waals surface area contributed by atoms with Gasteiger partial charge in [0.25, 0.3) is 0 Å². The van der Waals surface area contributed by atoms with Gasteiger partial charge in [-0.3, -0.25) is 4.79 Å². The van der Waals surface area contributed by atoms with Crippen molar-refractivity contribution in [3.63, 3.8) is 0 Å². The Labute approximate surface area is 151 Å². The molecule has 0 bridgehead atoms. The summed E-state index contributed by atoms with van der Waals surface area (Å²) in [7, 11) is 0. The van der Waals surface area contributed by atoms with Crippen LogP contribution in [-0.4, -0.2) is 40.8 Å². The molecular weight excluding hydrogens is 374 g/mol. The average Bonchev–Trinajstić information content (AvgIpc) is 2.94. The zero-order valence-electron chi connectivity index (χ0n) is 14.3. The van der Waals surface area contributed by atoms with E-state index >= 15 is 0 Å². The molecule has 1 aliphatic rings. The first-order valence-electron chi connectivity index (χ1n) is 8.11. The lowest BCUT2D eigenvalue weighted by atomic mass is 9.86. The Hall–Kier alpha value is -1.56. The van der Waals surface area contributed by atoms with Crippen LogP contribution >= 0.6 is 15.9 Å². The van der Waals surface area contributed by atoms with Gasteiger partial charge in [-0.1, -0.05) is 28.1 Å². The molecule has 1 saturated heterocycles. The lowest BCUT2D eigenvalue weighted by Gasteiger charge is -2.25. The third-order valence-corrected chi connectivity index (χ3v) is 4.66. The predicted molar refractivity (Wildman–Crippen MR) is 94.9 cm³/mol. The Morgan fingerprint density at radius 2 is 1.96 bits per heavy atom. The maximum atomic E-state index is 12.1. The van der Waals surface area contributed by atoms with E-state index in [1.807, 2.05) is 45.0 Å². The van der Waals surface area contributed by atoms with Crippen molar-refractivity contribution in [2.24, 2.45) is 11.8 Å². The van der Waals surface area contributed by atoms with Crippen molar-refractivity contribution in [1.82, 2.24) is 4.90 Å². The third-order valence-electron chi connectivity index (χ3n) is 4.13. The Balaban J connectivity index is 2.01. The monoisotopic (exact) mass is 397 g/mol. The van der Waals surface area contributed by atoms with Crippen molar-refractivity contribution < 1.29 is 19.4 Å². The molecule has 6 heteroatoms. The first kappa shape index (κ1) is 18.8. The lowest BCUT2D eigenvalue weighted by Crippen LogP contribution is -2.36. The molecule has 1 heterocycles. The van der Waals surface area contributed by atoms with Crippen molar-refractivity contribution in [3.8, 4) is 0 Å². The quantitative estimate of drug-likeness (QED) is 0.834. The normalized spacial score (nSPS) is 19.2. The first-order chi connectivity index (χ1) is 11.2. The first-order valence-corrected chi connectivity index (χ1v) is 8.90. The number of benzene rings is 1. The van der Waals surface area contributed by atoms with Crippen LogP contribution in [0.5, 0.6) is 0 Å². The van der Waals surface area contributed by atoms with E-state index in [-0.39, 0.29) is 12.0 Å². The molecule has 2 rings (SSSR count). The number of carbonyl (C=O) groups excluding carboxylic acids is 1. The molecule has 0 spiro atoms. The Kier molecular flexibility index (Phi) is 5.91. The van der Waals surface area contributed by atoms with E-state index in [4.69, 9.17) is 4.74 Å². The summed E-state index contributed by atoms with van der Waals surface area (Å²) in [6, 6.07) is 7.69. The highest BCUT2D eigenvalue weighted by Crippen LogP contribution is 2.29. The van der Waals surface area contributed by atoms with Crippen LogP contribution in [0, 0.1) is 11.8 Å². The predicted octanol–water partition coefficient (Wildman–Crippen LogP) is 3.95. The third kappa shape index (κ3) is 5.23. The number of halogens is 1. The number of carboxylic acid groups (broad SMARTS) is 1. The molecule has 0 unspecified atom stereocenters. The molecule has 1 aromatic carbocycles. The molecule has 1 N–H and O–H groups in total. The topological polar surface area (TPSA) is 66.8 Å². The Bertz CT molecular complexity index is 594. The molecule has 1 fully saturated rings. The molecule has 1 aromatic rings. The Morgan fingerprint density at radius 3 is 2.50 bits per heavy atom. The maximum absolute atomic E-state index is 12.1. The van der Waals surface area contributed by atoms with E-state index in [0.717, 1.165) is 10.0 Å². The molecular formula is C18H24BrNO4. The van der Waals surface area contributed by atoms with Crippen molar-refractivity contribution in [3.05, 3.63) is 34.3 Å². The second kappa shape index (κ2) is 7.55. The van der Waals surface area contributed by atoms with Gasteiger partial charge < -0.3 is 14.7 Å². The van der Waals surface area contributed by atoms with E-state index in [1.54, 1.807) is 4.90 Å². The van der Waals surface area contributed by atoms with Gasteiger partial charge in [0.1, 0.15) is 5.60 Å². The number of rotatable bonds is 4. The van der Waals surface area contributed by atoms with Gasteiger partial charge in [0, 0.05) is 17.6 Å². The standard InChI is InChI=1S/C18H24BrNO4/c1-18(2,3)24-17(23)20-9-8-13(11-20)15(16(21)22)10-12-4-6-14(19)7-5-12/h4-7,13,15H,8-11H2,1-3H3,(H,21,22)/t13-,15-/m0/s1. The van der Waals surface area contributed by atoms with Crippen molar-refractivity contribution in [2.75, 3.05) is 13.1 Å². The summed E-state index contributed by atoms with van der Waals surface area (Å²) in [6.45, 7) is 6.45.